The minimum absolute atomic E-state index is 0.390. The second-order valence-corrected chi connectivity index (χ2v) is 4.77. The summed E-state index contributed by atoms with van der Waals surface area (Å²) in [6.45, 7) is 4.49. The van der Waals surface area contributed by atoms with Gasteiger partial charge in [-0.3, -0.25) is 4.79 Å². The molecule has 0 spiro atoms. The maximum Gasteiger partial charge on any atom is 0.160 e. The molecule has 2 aliphatic rings. The number of nitrogens with one attached hydrogen (secondary N) is 1. The second kappa shape index (κ2) is 3.76. The van der Waals surface area contributed by atoms with Crippen molar-refractivity contribution in [3.8, 4) is 0 Å². The van der Waals surface area contributed by atoms with Crippen LogP contribution in [0.25, 0.3) is 0 Å². The minimum atomic E-state index is 0.390. The highest BCUT2D eigenvalue weighted by Gasteiger charge is 2.27. The van der Waals surface area contributed by atoms with Gasteiger partial charge in [-0.15, -0.1) is 0 Å². The first kappa shape index (κ1) is 9.75. The summed E-state index contributed by atoms with van der Waals surface area (Å²) in [5, 5.41) is 3.54. The first-order valence-corrected chi connectivity index (χ1v) is 5.70. The minimum Gasteiger partial charge on any atom is -0.385 e. The molecule has 1 atom stereocenters. The van der Waals surface area contributed by atoms with Crippen molar-refractivity contribution in [3.63, 3.8) is 0 Å². The lowest BCUT2D eigenvalue weighted by Gasteiger charge is -2.33. The Kier molecular flexibility index (Phi) is 2.62. The van der Waals surface area contributed by atoms with E-state index in [2.05, 4.69) is 19.2 Å². The van der Waals surface area contributed by atoms with Gasteiger partial charge in [0.25, 0.3) is 0 Å². The zero-order valence-electron chi connectivity index (χ0n) is 9.10. The molecule has 14 heavy (non-hydrogen) atoms. The van der Waals surface area contributed by atoms with Gasteiger partial charge >= 0.3 is 0 Å². The number of Topliss-reactive ketones (excluding diaryl/α,β-unsaturated/α-hetero) is 1. The van der Waals surface area contributed by atoms with Gasteiger partial charge in [0.15, 0.2) is 5.78 Å². The van der Waals surface area contributed by atoms with Gasteiger partial charge in [0.1, 0.15) is 0 Å². The third kappa shape index (κ3) is 1.70. The predicted molar refractivity (Wildman–Crippen MR) is 56.9 cm³/mol. The second-order valence-electron chi connectivity index (χ2n) is 4.77. The van der Waals surface area contributed by atoms with Crippen LogP contribution in [0.5, 0.6) is 0 Å². The van der Waals surface area contributed by atoms with Gasteiger partial charge < -0.3 is 5.32 Å². The molecule has 0 saturated carbocycles. The Morgan fingerprint density at radius 2 is 2.07 bits per heavy atom. The van der Waals surface area contributed by atoms with Crippen LogP contribution in [-0.2, 0) is 4.79 Å². The number of carbonyl (C=O) groups is 1. The number of allylic oxidation sites excluding steroid dienone is 2. The third-order valence-electron chi connectivity index (χ3n) is 3.40. The Morgan fingerprint density at radius 3 is 2.79 bits per heavy atom. The Hall–Kier alpha value is -0.790. The van der Waals surface area contributed by atoms with Crippen molar-refractivity contribution in [1.29, 1.82) is 0 Å². The molecule has 1 N–H and O–H groups in total. The van der Waals surface area contributed by atoms with Gasteiger partial charge in [-0.2, -0.15) is 0 Å². The number of carbonyl (C=O) groups excluding carboxylic acids is 1. The summed E-state index contributed by atoms with van der Waals surface area (Å²) in [5.41, 5.74) is 2.36. The Balaban J connectivity index is 2.15. The lowest BCUT2D eigenvalue weighted by Crippen LogP contribution is -2.39. The fraction of sp³-hybridized carbons (Fsp3) is 0.750. The average molecular weight is 193 g/mol. The summed E-state index contributed by atoms with van der Waals surface area (Å²) in [7, 11) is 0. The monoisotopic (exact) mass is 193 g/mol. The van der Waals surface area contributed by atoms with Crippen molar-refractivity contribution in [2.24, 2.45) is 5.92 Å². The summed E-state index contributed by atoms with van der Waals surface area (Å²) in [6.07, 6.45) is 5.03. The SMILES string of the molecule is CC(C)[C@@H]1CCC2=C(CCCC2=O)N1. The molecule has 1 aliphatic heterocycles. The van der Waals surface area contributed by atoms with E-state index in [1.807, 2.05) is 0 Å². The molecule has 78 valence electrons. The van der Waals surface area contributed by atoms with E-state index in [-0.39, 0.29) is 0 Å². The van der Waals surface area contributed by atoms with Crippen molar-refractivity contribution in [2.75, 3.05) is 0 Å². The molecule has 0 aromatic heterocycles. The molecule has 2 nitrogen and oxygen atoms in total. The first-order valence-electron chi connectivity index (χ1n) is 5.70. The smallest absolute Gasteiger partial charge is 0.160 e. The summed E-state index contributed by atoms with van der Waals surface area (Å²) < 4.78 is 0. The zero-order valence-corrected chi connectivity index (χ0v) is 9.10. The number of rotatable bonds is 1. The van der Waals surface area contributed by atoms with Crippen LogP contribution >= 0.6 is 0 Å². The van der Waals surface area contributed by atoms with E-state index in [1.54, 1.807) is 0 Å². The highest BCUT2D eigenvalue weighted by Crippen LogP contribution is 2.30. The maximum absolute atomic E-state index is 11.6. The largest absolute Gasteiger partial charge is 0.385 e. The molecule has 2 rings (SSSR count). The van der Waals surface area contributed by atoms with Gasteiger partial charge in [-0.1, -0.05) is 13.8 Å². The van der Waals surface area contributed by atoms with Crippen molar-refractivity contribution in [2.45, 2.75) is 52.0 Å². The van der Waals surface area contributed by atoms with E-state index in [4.69, 9.17) is 0 Å². The van der Waals surface area contributed by atoms with Crippen molar-refractivity contribution < 1.29 is 4.79 Å². The van der Waals surface area contributed by atoms with Gasteiger partial charge in [0.05, 0.1) is 0 Å². The molecule has 0 aromatic carbocycles. The standard InChI is InChI=1S/C12H19NO/c1-8(2)10-7-6-9-11(13-10)4-3-5-12(9)14/h8,10,13H,3-7H2,1-2H3/t10-/m0/s1. The maximum atomic E-state index is 11.6. The lowest BCUT2D eigenvalue weighted by molar-refractivity contribution is -0.116. The molecular weight excluding hydrogens is 174 g/mol. The van der Waals surface area contributed by atoms with Crippen molar-refractivity contribution in [3.05, 3.63) is 11.3 Å². The first-order chi connectivity index (χ1) is 6.68. The number of ketones is 1. The molecule has 0 unspecified atom stereocenters. The molecule has 0 aromatic rings. The fourth-order valence-electron chi connectivity index (χ4n) is 2.44. The van der Waals surface area contributed by atoms with Crippen LogP contribution in [0.1, 0.15) is 46.0 Å². The summed E-state index contributed by atoms with van der Waals surface area (Å²) in [6, 6.07) is 0.583. The molecular formula is C12H19NO. The van der Waals surface area contributed by atoms with Crippen LogP contribution in [-0.4, -0.2) is 11.8 Å². The number of hydrogen-bond acceptors (Lipinski definition) is 2. The molecule has 1 aliphatic carbocycles. The van der Waals surface area contributed by atoms with E-state index >= 15 is 0 Å². The van der Waals surface area contributed by atoms with E-state index < -0.39 is 0 Å². The van der Waals surface area contributed by atoms with Crippen molar-refractivity contribution >= 4 is 5.78 Å². The van der Waals surface area contributed by atoms with E-state index in [9.17, 15) is 4.79 Å². The molecule has 0 fully saturated rings. The molecule has 0 saturated heterocycles. The van der Waals surface area contributed by atoms with Crippen LogP contribution in [0, 0.1) is 5.92 Å². The lowest BCUT2D eigenvalue weighted by atomic mass is 9.84. The number of hydrogen-bond donors (Lipinski definition) is 1. The summed E-state index contributed by atoms with van der Waals surface area (Å²) in [4.78, 5) is 11.6. The van der Waals surface area contributed by atoms with Crippen molar-refractivity contribution in [1.82, 2.24) is 5.32 Å². The van der Waals surface area contributed by atoms with Crippen LogP contribution in [0.2, 0.25) is 0 Å². The predicted octanol–water partition coefficient (Wildman–Crippen LogP) is 2.40. The molecule has 0 radical (unpaired) electrons. The molecule has 1 heterocycles. The highest BCUT2D eigenvalue weighted by molar-refractivity contribution is 5.96. The van der Waals surface area contributed by atoms with E-state index in [0.717, 1.165) is 37.7 Å². The summed E-state index contributed by atoms with van der Waals surface area (Å²) >= 11 is 0. The van der Waals surface area contributed by atoms with E-state index in [1.165, 1.54) is 5.70 Å². The van der Waals surface area contributed by atoms with Crippen LogP contribution < -0.4 is 5.32 Å². The normalized spacial score (nSPS) is 27.6. The van der Waals surface area contributed by atoms with E-state index in [0.29, 0.717) is 17.7 Å². The Bertz CT molecular complexity index is 278. The third-order valence-corrected chi connectivity index (χ3v) is 3.40. The molecule has 0 amide bonds. The zero-order chi connectivity index (χ0) is 10.1. The van der Waals surface area contributed by atoms with Crippen LogP contribution in [0.4, 0.5) is 0 Å². The Morgan fingerprint density at radius 1 is 1.29 bits per heavy atom. The Labute approximate surface area is 85.8 Å². The molecule has 2 heteroatoms. The van der Waals surface area contributed by atoms with Gasteiger partial charge in [-0.25, -0.2) is 0 Å². The van der Waals surface area contributed by atoms with Crippen LogP contribution in [0.15, 0.2) is 11.3 Å². The van der Waals surface area contributed by atoms with Crippen LogP contribution in [0.3, 0.4) is 0 Å². The van der Waals surface area contributed by atoms with Gasteiger partial charge in [0.2, 0.25) is 0 Å². The fourth-order valence-corrected chi connectivity index (χ4v) is 2.44. The van der Waals surface area contributed by atoms with Gasteiger partial charge in [-0.05, 0) is 31.6 Å². The molecule has 0 bridgehead atoms. The highest BCUT2D eigenvalue weighted by atomic mass is 16.1. The quantitative estimate of drug-likeness (QED) is 0.693. The summed E-state index contributed by atoms with van der Waals surface area (Å²) in [5.74, 6) is 1.06. The average Bonchev–Trinajstić information content (AvgIpc) is 2.17. The topological polar surface area (TPSA) is 29.1 Å². The van der Waals surface area contributed by atoms with Gasteiger partial charge in [0, 0.05) is 23.7 Å².